The summed E-state index contributed by atoms with van der Waals surface area (Å²) in [6.07, 6.45) is 1.77. The molecule has 0 radical (unpaired) electrons. The van der Waals surface area contributed by atoms with E-state index in [2.05, 4.69) is 9.97 Å². The van der Waals surface area contributed by atoms with E-state index in [1.165, 1.54) is 6.07 Å². The van der Waals surface area contributed by atoms with E-state index in [9.17, 15) is 9.50 Å². The van der Waals surface area contributed by atoms with Crippen LogP contribution in [0.4, 0.5) is 4.39 Å². The Labute approximate surface area is 110 Å². The van der Waals surface area contributed by atoms with E-state index in [4.69, 9.17) is 4.74 Å². The molecule has 100 valence electrons. The third-order valence-corrected chi connectivity index (χ3v) is 2.68. The molecule has 0 saturated heterocycles. The summed E-state index contributed by atoms with van der Waals surface area (Å²) >= 11 is 0. The minimum atomic E-state index is -0.505. The van der Waals surface area contributed by atoms with Crippen molar-refractivity contribution in [2.24, 2.45) is 0 Å². The molecule has 0 aliphatic heterocycles. The molecule has 4 nitrogen and oxygen atoms in total. The Morgan fingerprint density at radius 3 is 2.84 bits per heavy atom. The van der Waals surface area contributed by atoms with Crippen molar-refractivity contribution in [3.8, 4) is 11.6 Å². The summed E-state index contributed by atoms with van der Waals surface area (Å²) in [7, 11) is 0. The molecule has 2 rings (SSSR count). The summed E-state index contributed by atoms with van der Waals surface area (Å²) in [5.74, 6) is 0.264. The molecule has 0 aliphatic carbocycles. The average Bonchev–Trinajstić information content (AvgIpc) is 2.42. The Balaban J connectivity index is 2.36. The largest absolute Gasteiger partial charge is 0.437 e. The highest BCUT2D eigenvalue weighted by molar-refractivity contribution is 5.35. The molecule has 0 aromatic carbocycles. The smallest absolute Gasteiger partial charge is 0.225 e. The second-order valence-electron chi connectivity index (χ2n) is 4.13. The van der Waals surface area contributed by atoms with Gasteiger partial charge in [-0.05, 0) is 31.5 Å². The molecule has 0 fully saturated rings. The van der Waals surface area contributed by atoms with E-state index < -0.39 is 5.82 Å². The number of ether oxygens (including phenoxy) is 1. The fourth-order valence-electron chi connectivity index (χ4n) is 1.72. The molecule has 0 atom stereocenters. The minimum absolute atomic E-state index is 0.198. The van der Waals surface area contributed by atoms with E-state index in [-0.39, 0.29) is 12.5 Å². The Bertz CT molecular complexity index is 536. The van der Waals surface area contributed by atoms with Crippen molar-refractivity contribution in [3.63, 3.8) is 0 Å². The van der Waals surface area contributed by atoms with E-state index in [1.807, 2.05) is 19.9 Å². The van der Waals surface area contributed by atoms with Crippen LogP contribution in [-0.4, -0.2) is 15.1 Å². The zero-order valence-corrected chi connectivity index (χ0v) is 10.9. The summed E-state index contributed by atoms with van der Waals surface area (Å²) in [4.78, 5) is 8.23. The lowest BCUT2D eigenvalue weighted by atomic mass is 10.2. The number of aromatic nitrogens is 2. The van der Waals surface area contributed by atoms with Crippen LogP contribution >= 0.6 is 0 Å². The van der Waals surface area contributed by atoms with Crippen LogP contribution in [0.1, 0.15) is 23.9 Å². The zero-order chi connectivity index (χ0) is 13.8. The first-order valence-corrected chi connectivity index (χ1v) is 6.03. The van der Waals surface area contributed by atoms with Crippen LogP contribution in [0.2, 0.25) is 0 Å². The molecule has 2 aromatic heterocycles. The first-order valence-electron chi connectivity index (χ1n) is 6.03. The highest BCUT2D eigenvalue weighted by Gasteiger charge is 2.11. The van der Waals surface area contributed by atoms with Crippen LogP contribution < -0.4 is 4.74 Å². The molecule has 5 heteroatoms. The van der Waals surface area contributed by atoms with E-state index in [0.717, 1.165) is 17.6 Å². The number of aryl methyl sites for hydroxylation is 2. The van der Waals surface area contributed by atoms with Gasteiger partial charge in [0.15, 0.2) is 5.75 Å². The van der Waals surface area contributed by atoms with Gasteiger partial charge in [-0.25, -0.2) is 9.37 Å². The van der Waals surface area contributed by atoms with Crippen LogP contribution in [0.25, 0.3) is 0 Å². The third kappa shape index (κ3) is 3.06. The number of nitrogens with zero attached hydrogens (tertiary/aromatic N) is 2. The summed E-state index contributed by atoms with van der Waals surface area (Å²) < 4.78 is 18.7. The van der Waals surface area contributed by atoms with E-state index in [0.29, 0.717) is 17.7 Å². The average molecular weight is 262 g/mol. The lowest BCUT2D eigenvalue weighted by molar-refractivity contribution is 0.274. The number of hydrogen-bond acceptors (Lipinski definition) is 4. The number of aliphatic hydroxyl groups excluding tert-OH is 1. The molecule has 0 spiro atoms. The lowest BCUT2D eigenvalue weighted by Gasteiger charge is -2.11. The molecule has 2 aromatic rings. The lowest BCUT2D eigenvalue weighted by Crippen LogP contribution is -2.00. The van der Waals surface area contributed by atoms with Gasteiger partial charge >= 0.3 is 0 Å². The molecule has 1 N–H and O–H groups in total. The van der Waals surface area contributed by atoms with Gasteiger partial charge in [-0.1, -0.05) is 6.92 Å². The van der Waals surface area contributed by atoms with Crippen LogP contribution in [0.5, 0.6) is 11.6 Å². The molecular weight excluding hydrogens is 247 g/mol. The summed E-state index contributed by atoms with van der Waals surface area (Å²) in [5, 5.41) is 9.19. The molecule has 0 aliphatic rings. The molecule has 19 heavy (non-hydrogen) atoms. The van der Waals surface area contributed by atoms with Crippen LogP contribution in [0.3, 0.4) is 0 Å². The highest BCUT2D eigenvalue weighted by Crippen LogP contribution is 2.26. The van der Waals surface area contributed by atoms with Gasteiger partial charge in [0.05, 0.1) is 18.5 Å². The summed E-state index contributed by atoms with van der Waals surface area (Å²) in [6, 6.07) is 4.83. The number of aliphatic hydroxyl groups is 1. The maximum atomic E-state index is 13.0. The standard InChI is InChI=1S/C14H15FN2O2/c1-3-12-13(5-4-9(2)17-12)19-14-10(8-18)6-11(15)7-16-14/h4-7,18H,3,8H2,1-2H3. The van der Waals surface area contributed by atoms with Gasteiger partial charge in [-0.15, -0.1) is 0 Å². The first-order chi connectivity index (χ1) is 9.13. The quantitative estimate of drug-likeness (QED) is 0.920. The van der Waals surface area contributed by atoms with E-state index >= 15 is 0 Å². The van der Waals surface area contributed by atoms with Gasteiger partial charge in [0.2, 0.25) is 5.88 Å². The minimum Gasteiger partial charge on any atom is -0.437 e. The van der Waals surface area contributed by atoms with Gasteiger partial charge < -0.3 is 9.84 Å². The fourth-order valence-corrected chi connectivity index (χ4v) is 1.72. The van der Waals surface area contributed by atoms with Crippen LogP contribution in [-0.2, 0) is 13.0 Å². The Kier molecular flexibility index (Phi) is 4.06. The maximum Gasteiger partial charge on any atom is 0.225 e. The van der Waals surface area contributed by atoms with Crippen LogP contribution in [0, 0.1) is 12.7 Å². The fraction of sp³-hybridized carbons (Fsp3) is 0.286. The Morgan fingerprint density at radius 2 is 2.16 bits per heavy atom. The van der Waals surface area contributed by atoms with Crippen molar-refractivity contribution in [3.05, 3.63) is 47.2 Å². The van der Waals surface area contributed by atoms with Crippen molar-refractivity contribution >= 4 is 0 Å². The predicted octanol–water partition coefficient (Wildman–Crippen LogP) is 2.77. The third-order valence-electron chi connectivity index (χ3n) is 2.68. The molecule has 2 heterocycles. The first kappa shape index (κ1) is 13.4. The van der Waals surface area contributed by atoms with E-state index in [1.54, 1.807) is 6.07 Å². The number of halogens is 1. The van der Waals surface area contributed by atoms with Crippen molar-refractivity contribution in [1.82, 2.24) is 9.97 Å². The maximum absolute atomic E-state index is 13.0. The number of hydrogen-bond donors (Lipinski definition) is 1. The molecule has 0 bridgehead atoms. The SMILES string of the molecule is CCc1nc(C)ccc1Oc1ncc(F)cc1CO. The molecule has 0 unspecified atom stereocenters. The monoisotopic (exact) mass is 262 g/mol. The topological polar surface area (TPSA) is 55.2 Å². The van der Waals surface area contributed by atoms with Crippen molar-refractivity contribution in [2.45, 2.75) is 26.9 Å². The second kappa shape index (κ2) is 5.75. The molecule has 0 amide bonds. The van der Waals surface area contributed by atoms with Gasteiger partial charge in [0.1, 0.15) is 5.82 Å². The number of pyridine rings is 2. The van der Waals surface area contributed by atoms with Crippen molar-refractivity contribution in [1.29, 1.82) is 0 Å². The summed E-state index contributed by atoms with van der Waals surface area (Å²) in [6.45, 7) is 3.54. The van der Waals surface area contributed by atoms with Gasteiger partial charge in [-0.3, -0.25) is 4.98 Å². The molecular formula is C14H15FN2O2. The number of rotatable bonds is 4. The molecule has 0 saturated carbocycles. The van der Waals surface area contributed by atoms with Crippen molar-refractivity contribution in [2.75, 3.05) is 0 Å². The Hall–Kier alpha value is -2.01. The van der Waals surface area contributed by atoms with Crippen LogP contribution in [0.15, 0.2) is 24.4 Å². The van der Waals surface area contributed by atoms with Gasteiger partial charge in [-0.2, -0.15) is 0 Å². The predicted molar refractivity (Wildman–Crippen MR) is 68.5 cm³/mol. The van der Waals surface area contributed by atoms with Crippen molar-refractivity contribution < 1.29 is 14.2 Å². The van der Waals surface area contributed by atoms with Gasteiger partial charge in [0.25, 0.3) is 0 Å². The highest BCUT2D eigenvalue weighted by atomic mass is 19.1. The van der Waals surface area contributed by atoms with Gasteiger partial charge in [0, 0.05) is 11.3 Å². The summed E-state index contributed by atoms with van der Waals surface area (Å²) in [5.41, 5.74) is 2.01. The normalized spacial score (nSPS) is 10.5. The Morgan fingerprint density at radius 1 is 1.37 bits per heavy atom. The second-order valence-corrected chi connectivity index (χ2v) is 4.13. The zero-order valence-electron chi connectivity index (χ0n) is 10.9.